The zero-order chi connectivity index (χ0) is 12.1. The molecule has 0 aromatic carbocycles. The van der Waals surface area contributed by atoms with Crippen LogP contribution in [0.5, 0.6) is 0 Å². The van der Waals surface area contributed by atoms with E-state index in [1.165, 1.54) is 4.88 Å². The molecule has 1 aromatic heterocycles. The van der Waals surface area contributed by atoms with E-state index in [1.54, 1.807) is 11.3 Å². The standard InChI is InChI=1S/C12H19NO2S/c1-9(2)11(12(14)15)8-13(3)7-10-5-4-6-16-10/h4-6,9,11H,7-8H2,1-3H3,(H,14,15). The fourth-order valence-electron chi connectivity index (χ4n) is 1.64. The second-order valence-electron chi connectivity index (χ2n) is 4.46. The van der Waals surface area contributed by atoms with Crippen LogP contribution < -0.4 is 0 Å². The number of carbonyl (C=O) groups is 1. The van der Waals surface area contributed by atoms with E-state index >= 15 is 0 Å². The van der Waals surface area contributed by atoms with Crippen LogP contribution in [0.15, 0.2) is 17.5 Å². The van der Waals surface area contributed by atoms with E-state index in [-0.39, 0.29) is 11.8 Å². The number of aliphatic carboxylic acids is 1. The van der Waals surface area contributed by atoms with Gasteiger partial charge in [-0.25, -0.2) is 0 Å². The number of carboxylic acid groups (broad SMARTS) is 1. The van der Waals surface area contributed by atoms with Gasteiger partial charge in [0.05, 0.1) is 5.92 Å². The summed E-state index contributed by atoms with van der Waals surface area (Å²) in [7, 11) is 1.97. The van der Waals surface area contributed by atoms with Crippen molar-refractivity contribution in [3.8, 4) is 0 Å². The zero-order valence-electron chi connectivity index (χ0n) is 10.0. The van der Waals surface area contributed by atoms with E-state index in [0.717, 1.165) is 6.54 Å². The minimum Gasteiger partial charge on any atom is -0.481 e. The van der Waals surface area contributed by atoms with Crippen LogP contribution in [0.25, 0.3) is 0 Å². The molecule has 0 radical (unpaired) electrons. The summed E-state index contributed by atoms with van der Waals surface area (Å²) in [6, 6.07) is 4.09. The highest BCUT2D eigenvalue weighted by atomic mass is 32.1. The number of hydrogen-bond donors (Lipinski definition) is 1. The molecule has 0 saturated heterocycles. The predicted molar refractivity (Wildman–Crippen MR) is 66.6 cm³/mol. The van der Waals surface area contributed by atoms with E-state index in [0.29, 0.717) is 6.54 Å². The lowest BCUT2D eigenvalue weighted by Crippen LogP contribution is -2.33. The van der Waals surface area contributed by atoms with Crippen molar-refractivity contribution < 1.29 is 9.90 Å². The molecule has 0 aliphatic rings. The summed E-state index contributed by atoms with van der Waals surface area (Å²) in [6.45, 7) is 5.34. The summed E-state index contributed by atoms with van der Waals surface area (Å²) in [5.74, 6) is -0.818. The largest absolute Gasteiger partial charge is 0.481 e. The fraction of sp³-hybridized carbons (Fsp3) is 0.583. The Labute approximate surface area is 101 Å². The molecule has 1 heterocycles. The van der Waals surface area contributed by atoms with Gasteiger partial charge in [-0.05, 0) is 24.4 Å². The van der Waals surface area contributed by atoms with Gasteiger partial charge in [-0.1, -0.05) is 19.9 Å². The quantitative estimate of drug-likeness (QED) is 0.832. The average molecular weight is 241 g/mol. The van der Waals surface area contributed by atoms with Gasteiger partial charge < -0.3 is 10.0 Å². The molecule has 0 aliphatic heterocycles. The highest BCUT2D eigenvalue weighted by Crippen LogP contribution is 2.16. The smallest absolute Gasteiger partial charge is 0.308 e. The summed E-state index contributed by atoms with van der Waals surface area (Å²) in [5.41, 5.74) is 0. The summed E-state index contributed by atoms with van der Waals surface area (Å²) >= 11 is 1.71. The number of rotatable bonds is 6. The van der Waals surface area contributed by atoms with E-state index in [9.17, 15) is 4.79 Å². The molecule has 16 heavy (non-hydrogen) atoms. The Morgan fingerprint density at radius 1 is 1.56 bits per heavy atom. The summed E-state index contributed by atoms with van der Waals surface area (Å²) in [6.07, 6.45) is 0. The Balaban J connectivity index is 2.49. The van der Waals surface area contributed by atoms with Crippen LogP contribution in [-0.4, -0.2) is 29.6 Å². The highest BCUT2D eigenvalue weighted by Gasteiger charge is 2.22. The lowest BCUT2D eigenvalue weighted by Gasteiger charge is -2.23. The van der Waals surface area contributed by atoms with Gasteiger partial charge in [0.15, 0.2) is 0 Å². The van der Waals surface area contributed by atoms with Gasteiger partial charge >= 0.3 is 5.97 Å². The average Bonchev–Trinajstić information content (AvgIpc) is 2.65. The van der Waals surface area contributed by atoms with E-state index in [2.05, 4.69) is 11.0 Å². The van der Waals surface area contributed by atoms with Crippen LogP contribution in [0, 0.1) is 11.8 Å². The first kappa shape index (κ1) is 13.2. The lowest BCUT2D eigenvalue weighted by atomic mass is 9.95. The lowest BCUT2D eigenvalue weighted by molar-refractivity contribution is -0.143. The third-order valence-corrected chi connectivity index (χ3v) is 3.50. The van der Waals surface area contributed by atoms with Crippen LogP contribution in [0.3, 0.4) is 0 Å². The van der Waals surface area contributed by atoms with Crippen molar-refractivity contribution in [2.24, 2.45) is 11.8 Å². The number of nitrogens with zero attached hydrogens (tertiary/aromatic N) is 1. The van der Waals surface area contributed by atoms with Gasteiger partial charge in [0.25, 0.3) is 0 Å². The third kappa shape index (κ3) is 3.94. The topological polar surface area (TPSA) is 40.5 Å². The molecular formula is C12H19NO2S. The Morgan fingerprint density at radius 3 is 2.69 bits per heavy atom. The monoisotopic (exact) mass is 241 g/mol. The molecule has 1 unspecified atom stereocenters. The van der Waals surface area contributed by atoms with Crippen molar-refractivity contribution >= 4 is 17.3 Å². The Hall–Kier alpha value is -0.870. The molecule has 0 saturated carbocycles. The van der Waals surface area contributed by atoms with Gasteiger partial charge in [0.1, 0.15) is 0 Å². The molecule has 1 rings (SSSR count). The molecule has 1 N–H and O–H groups in total. The van der Waals surface area contributed by atoms with Crippen molar-refractivity contribution in [1.29, 1.82) is 0 Å². The summed E-state index contributed by atoms with van der Waals surface area (Å²) in [5, 5.41) is 11.1. The van der Waals surface area contributed by atoms with Crippen molar-refractivity contribution in [3.63, 3.8) is 0 Å². The molecule has 90 valence electrons. The minimum absolute atomic E-state index is 0.170. The van der Waals surface area contributed by atoms with Gasteiger partial charge in [-0.3, -0.25) is 4.79 Å². The minimum atomic E-state index is -0.701. The van der Waals surface area contributed by atoms with Crippen LogP contribution in [0.1, 0.15) is 18.7 Å². The van der Waals surface area contributed by atoms with Crippen LogP contribution in [-0.2, 0) is 11.3 Å². The van der Waals surface area contributed by atoms with Gasteiger partial charge in [-0.2, -0.15) is 0 Å². The highest BCUT2D eigenvalue weighted by molar-refractivity contribution is 7.09. The maximum absolute atomic E-state index is 11.1. The Kier molecular flexibility index (Phi) is 4.96. The van der Waals surface area contributed by atoms with E-state index in [4.69, 9.17) is 5.11 Å². The van der Waals surface area contributed by atoms with Crippen LogP contribution in [0.4, 0.5) is 0 Å². The second kappa shape index (κ2) is 6.01. The zero-order valence-corrected chi connectivity index (χ0v) is 10.8. The first-order valence-electron chi connectivity index (χ1n) is 5.44. The van der Waals surface area contributed by atoms with Gasteiger partial charge in [-0.15, -0.1) is 11.3 Å². The molecule has 3 nitrogen and oxygen atoms in total. The maximum Gasteiger partial charge on any atom is 0.308 e. The van der Waals surface area contributed by atoms with Crippen LogP contribution >= 0.6 is 11.3 Å². The molecule has 1 atom stereocenters. The summed E-state index contributed by atoms with van der Waals surface area (Å²) in [4.78, 5) is 14.4. The molecule has 0 spiro atoms. The molecule has 4 heteroatoms. The number of hydrogen-bond acceptors (Lipinski definition) is 3. The van der Waals surface area contributed by atoms with E-state index < -0.39 is 5.97 Å². The number of thiophene rings is 1. The molecule has 0 amide bonds. The first-order valence-corrected chi connectivity index (χ1v) is 6.32. The van der Waals surface area contributed by atoms with Crippen molar-refractivity contribution in [3.05, 3.63) is 22.4 Å². The number of carboxylic acids is 1. The molecule has 0 bridgehead atoms. The normalized spacial score (nSPS) is 13.3. The Morgan fingerprint density at radius 2 is 2.25 bits per heavy atom. The third-order valence-electron chi connectivity index (χ3n) is 2.64. The van der Waals surface area contributed by atoms with Gasteiger partial charge in [0, 0.05) is 18.0 Å². The summed E-state index contributed by atoms with van der Waals surface area (Å²) < 4.78 is 0. The molecule has 0 aliphatic carbocycles. The second-order valence-corrected chi connectivity index (χ2v) is 5.50. The van der Waals surface area contributed by atoms with Crippen LogP contribution in [0.2, 0.25) is 0 Å². The SMILES string of the molecule is CC(C)C(CN(C)Cc1cccs1)C(=O)O. The Bertz CT molecular complexity index is 322. The molecule has 0 fully saturated rings. The van der Waals surface area contributed by atoms with E-state index in [1.807, 2.05) is 32.3 Å². The van der Waals surface area contributed by atoms with Crippen molar-refractivity contribution in [2.45, 2.75) is 20.4 Å². The van der Waals surface area contributed by atoms with Crippen molar-refractivity contribution in [1.82, 2.24) is 4.90 Å². The maximum atomic E-state index is 11.1. The van der Waals surface area contributed by atoms with Gasteiger partial charge in [0.2, 0.25) is 0 Å². The van der Waals surface area contributed by atoms with Crippen molar-refractivity contribution in [2.75, 3.05) is 13.6 Å². The molecular weight excluding hydrogens is 222 g/mol. The predicted octanol–water partition coefficient (Wildman–Crippen LogP) is 2.54. The fourth-order valence-corrected chi connectivity index (χ4v) is 2.43. The molecule has 1 aromatic rings. The first-order chi connectivity index (χ1) is 7.50.